The average molecular weight is 491 g/mol. The van der Waals surface area contributed by atoms with E-state index in [0.717, 1.165) is 11.1 Å². The zero-order valence-electron chi connectivity index (χ0n) is 21.3. The highest BCUT2D eigenvalue weighted by Gasteiger charge is 2.42. The molecule has 0 radical (unpaired) electrons. The van der Waals surface area contributed by atoms with Crippen LogP contribution in [0.15, 0.2) is 54.6 Å². The molecule has 1 aliphatic heterocycles. The van der Waals surface area contributed by atoms with Gasteiger partial charge in [0, 0.05) is 19.3 Å². The molecule has 1 saturated heterocycles. The van der Waals surface area contributed by atoms with Crippen LogP contribution in [0.3, 0.4) is 0 Å². The second-order valence-electron chi connectivity index (χ2n) is 9.72. The minimum Gasteiger partial charge on any atom is -0.445 e. The zero-order valence-corrected chi connectivity index (χ0v) is 21.3. The van der Waals surface area contributed by atoms with Gasteiger partial charge in [0.2, 0.25) is 11.8 Å². The van der Waals surface area contributed by atoms with Gasteiger partial charge in [-0.2, -0.15) is 5.26 Å². The SMILES string of the molecule is Cc1ccc(NC(=O)C2CC(C#N)N(C(=O)C(CC(C)C)N(C)C(=O)OCc3ccccc3)C2)cc1. The lowest BCUT2D eigenvalue weighted by Crippen LogP contribution is -2.51. The Morgan fingerprint density at radius 3 is 2.42 bits per heavy atom. The number of nitrogens with zero attached hydrogens (tertiary/aromatic N) is 3. The van der Waals surface area contributed by atoms with E-state index in [1.807, 2.05) is 75.4 Å². The molecule has 3 amide bonds. The number of hydrogen-bond donors (Lipinski definition) is 1. The first-order chi connectivity index (χ1) is 17.2. The summed E-state index contributed by atoms with van der Waals surface area (Å²) in [7, 11) is 1.54. The van der Waals surface area contributed by atoms with Crippen LogP contribution < -0.4 is 5.32 Å². The molecule has 3 atom stereocenters. The minimum absolute atomic E-state index is 0.0956. The third kappa shape index (κ3) is 6.85. The molecule has 1 N–H and O–H groups in total. The van der Waals surface area contributed by atoms with Crippen molar-refractivity contribution in [3.8, 4) is 6.07 Å². The number of amides is 3. The van der Waals surface area contributed by atoms with E-state index < -0.39 is 24.1 Å². The summed E-state index contributed by atoms with van der Waals surface area (Å²) >= 11 is 0. The van der Waals surface area contributed by atoms with E-state index in [2.05, 4.69) is 11.4 Å². The Morgan fingerprint density at radius 2 is 1.81 bits per heavy atom. The number of anilines is 1. The Bertz CT molecular complexity index is 1090. The van der Waals surface area contributed by atoms with Gasteiger partial charge in [-0.1, -0.05) is 61.9 Å². The van der Waals surface area contributed by atoms with Crippen LogP contribution in [0.1, 0.15) is 37.8 Å². The van der Waals surface area contributed by atoms with E-state index in [9.17, 15) is 19.6 Å². The van der Waals surface area contributed by atoms with Gasteiger partial charge in [-0.3, -0.25) is 14.5 Å². The molecule has 0 aromatic heterocycles. The maximum absolute atomic E-state index is 13.6. The first kappa shape index (κ1) is 26.7. The maximum Gasteiger partial charge on any atom is 0.410 e. The van der Waals surface area contributed by atoms with Crippen LogP contribution in [0.5, 0.6) is 0 Å². The van der Waals surface area contributed by atoms with Crippen LogP contribution in [0, 0.1) is 30.1 Å². The Kier molecular flexibility index (Phi) is 9.07. The highest BCUT2D eigenvalue weighted by Crippen LogP contribution is 2.27. The number of hydrogen-bond acceptors (Lipinski definition) is 5. The molecule has 0 saturated carbocycles. The van der Waals surface area contributed by atoms with Crippen LogP contribution in [-0.2, 0) is 20.9 Å². The summed E-state index contributed by atoms with van der Waals surface area (Å²) in [5.41, 5.74) is 2.60. The third-order valence-corrected chi connectivity index (χ3v) is 6.36. The van der Waals surface area contributed by atoms with Crippen molar-refractivity contribution in [1.82, 2.24) is 9.80 Å². The molecule has 36 heavy (non-hydrogen) atoms. The van der Waals surface area contributed by atoms with E-state index in [1.54, 1.807) is 0 Å². The summed E-state index contributed by atoms with van der Waals surface area (Å²) in [6, 6.07) is 17.4. The number of carbonyl (C=O) groups is 3. The Balaban J connectivity index is 1.69. The van der Waals surface area contributed by atoms with Gasteiger partial charge >= 0.3 is 6.09 Å². The summed E-state index contributed by atoms with van der Waals surface area (Å²) in [4.78, 5) is 42.1. The van der Waals surface area contributed by atoms with E-state index in [1.165, 1.54) is 16.8 Å². The highest BCUT2D eigenvalue weighted by molar-refractivity contribution is 5.94. The lowest BCUT2D eigenvalue weighted by molar-refractivity contribution is -0.137. The first-order valence-electron chi connectivity index (χ1n) is 12.2. The van der Waals surface area contributed by atoms with Crippen LogP contribution in [0.4, 0.5) is 10.5 Å². The summed E-state index contributed by atoms with van der Waals surface area (Å²) in [6.45, 7) is 6.11. The summed E-state index contributed by atoms with van der Waals surface area (Å²) in [5.74, 6) is -0.979. The van der Waals surface area contributed by atoms with Crippen LogP contribution in [0.2, 0.25) is 0 Å². The van der Waals surface area contributed by atoms with E-state index >= 15 is 0 Å². The van der Waals surface area contributed by atoms with Gasteiger partial charge in [-0.15, -0.1) is 0 Å². The molecule has 2 aromatic carbocycles. The molecule has 0 aliphatic carbocycles. The van der Waals surface area contributed by atoms with E-state index in [0.29, 0.717) is 12.1 Å². The molecule has 0 bridgehead atoms. The van der Waals surface area contributed by atoms with Crippen molar-refractivity contribution in [2.24, 2.45) is 11.8 Å². The number of ether oxygens (including phenoxy) is 1. The topological polar surface area (TPSA) is 103 Å². The third-order valence-electron chi connectivity index (χ3n) is 6.36. The predicted octanol–water partition coefficient (Wildman–Crippen LogP) is 4.36. The molecule has 1 aliphatic rings. The highest BCUT2D eigenvalue weighted by atomic mass is 16.6. The van der Waals surface area contributed by atoms with Crippen molar-refractivity contribution < 1.29 is 19.1 Å². The van der Waals surface area contributed by atoms with Crippen LogP contribution in [0.25, 0.3) is 0 Å². The molecule has 3 unspecified atom stereocenters. The molecule has 190 valence electrons. The van der Waals surface area contributed by atoms with E-state index in [-0.39, 0.29) is 37.3 Å². The second-order valence-corrected chi connectivity index (χ2v) is 9.72. The summed E-state index contributed by atoms with van der Waals surface area (Å²) < 4.78 is 5.44. The standard InChI is InChI=1S/C28H34N4O4/c1-19(2)14-25(31(4)28(35)36-18-21-8-6-5-7-9-21)27(34)32-17-22(15-24(32)16-29)26(33)30-23-12-10-20(3)11-13-23/h5-13,19,22,24-25H,14-15,17-18H2,1-4H3,(H,30,33). The molecular weight excluding hydrogens is 456 g/mol. The maximum atomic E-state index is 13.6. The van der Waals surface area contributed by atoms with Crippen molar-refractivity contribution in [3.05, 3.63) is 65.7 Å². The number of likely N-dealkylation sites (N-methyl/N-ethyl adjacent to an activating group) is 1. The van der Waals surface area contributed by atoms with Crippen LogP contribution >= 0.6 is 0 Å². The number of nitrogens with one attached hydrogen (secondary N) is 1. The Labute approximate surface area is 212 Å². The number of benzene rings is 2. The normalized spacial score (nSPS) is 17.8. The second kappa shape index (κ2) is 12.2. The Hall–Kier alpha value is -3.86. The van der Waals surface area contributed by atoms with Gasteiger partial charge in [0.15, 0.2) is 0 Å². The Morgan fingerprint density at radius 1 is 1.14 bits per heavy atom. The van der Waals surface area contributed by atoms with Crippen molar-refractivity contribution in [3.63, 3.8) is 0 Å². The molecule has 8 heteroatoms. The van der Waals surface area contributed by atoms with Gasteiger partial charge in [-0.25, -0.2) is 4.79 Å². The fourth-order valence-electron chi connectivity index (χ4n) is 4.28. The summed E-state index contributed by atoms with van der Waals surface area (Å²) in [6.07, 6.45) is 0.0421. The molecule has 8 nitrogen and oxygen atoms in total. The van der Waals surface area contributed by atoms with Gasteiger partial charge in [0.1, 0.15) is 18.7 Å². The molecule has 1 fully saturated rings. The molecule has 1 heterocycles. The molecule has 2 aromatic rings. The largest absolute Gasteiger partial charge is 0.445 e. The first-order valence-corrected chi connectivity index (χ1v) is 12.2. The van der Waals surface area contributed by atoms with Gasteiger partial charge in [-0.05, 0) is 43.4 Å². The quantitative estimate of drug-likeness (QED) is 0.592. The van der Waals surface area contributed by atoms with Crippen molar-refractivity contribution in [2.45, 2.75) is 52.3 Å². The van der Waals surface area contributed by atoms with Gasteiger partial charge in [0.25, 0.3) is 0 Å². The van der Waals surface area contributed by atoms with E-state index in [4.69, 9.17) is 4.74 Å². The summed E-state index contributed by atoms with van der Waals surface area (Å²) in [5, 5.41) is 12.6. The van der Waals surface area contributed by atoms with Crippen molar-refractivity contribution >= 4 is 23.6 Å². The average Bonchev–Trinajstić information content (AvgIpc) is 3.31. The predicted molar refractivity (Wildman–Crippen MR) is 137 cm³/mol. The monoisotopic (exact) mass is 490 g/mol. The smallest absolute Gasteiger partial charge is 0.410 e. The fourth-order valence-corrected chi connectivity index (χ4v) is 4.28. The lowest BCUT2D eigenvalue weighted by Gasteiger charge is -2.32. The van der Waals surface area contributed by atoms with Crippen LogP contribution in [-0.4, -0.2) is 53.4 Å². The number of likely N-dealkylation sites (tertiary alicyclic amines) is 1. The molecule has 3 rings (SSSR count). The molecular formula is C28H34N4O4. The van der Waals surface area contributed by atoms with Crippen molar-refractivity contribution in [2.75, 3.05) is 18.9 Å². The number of aryl methyl sites for hydroxylation is 1. The van der Waals surface area contributed by atoms with Crippen molar-refractivity contribution in [1.29, 1.82) is 5.26 Å². The lowest BCUT2D eigenvalue weighted by atomic mass is 10.0. The number of carbonyl (C=O) groups excluding carboxylic acids is 3. The molecule has 0 spiro atoms. The fraction of sp³-hybridized carbons (Fsp3) is 0.429. The number of nitriles is 1. The zero-order chi connectivity index (χ0) is 26.2. The minimum atomic E-state index is -0.803. The van der Waals surface area contributed by atoms with Gasteiger partial charge in [0.05, 0.1) is 12.0 Å². The number of rotatable bonds is 8. The van der Waals surface area contributed by atoms with Gasteiger partial charge < -0.3 is 15.0 Å².